The number of ether oxygens (including phenoxy) is 1. The summed E-state index contributed by atoms with van der Waals surface area (Å²) < 4.78 is 7.06. The predicted octanol–water partition coefficient (Wildman–Crippen LogP) is 2.04. The average molecular weight is 328 g/mol. The van der Waals surface area contributed by atoms with Gasteiger partial charge in [-0.15, -0.1) is 0 Å². The zero-order valence-corrected chi connectivity index (χ0v) is 14.5. The Morgan fingerprint density at radius 1 is 1.33 bits per heavy atom. The van der Waals surface area contributed by atoms with E-state index in [1.165, 1.54) is 12.8 Å². The summed E-state index contributed by atoms with van der Waals surface area (Å²) in [4.78, 5) is 21.8. The molecule has 24 heavy (non-hydrogen) atoms. The van der Waals surface area contributed by atoms with Gasteiger partial charge in [-0.05, 0) is 38.8 Å². The largest absolute Gasteiger partial charge is 0.497 e. The van der Waals surface area contributed by atoms with Gasteiger partial charge in [0.05, 0.1) is 13.3 Å². The Bertz CT molecular complexity index is 757. The van der Waals surface area contributed by atoms with E-state index in [4.69, 9.17) is 4.74 Å². The number of fused-ring (bicyclic) bond motifs is 3. The summed E-state index contributed by atoms with van der Waals surface area (Å²) in [5.74, 6) is 0.786. The summed E-state index contributed by atoms with van der Waals surface area (Å²) in [7, 11) is 5.78. The van der Waals surface area contributed by atoms with E-state index >= 15 is 0 Å². The van der Waals surface area contributed by atoms with Crippen LogP contribution in [0.25, 0.3) is 5.65 Å². The first-order valence-electron chi connectivity index (χ1n) is 8.58. The first kappa shape index (κ1) is 15.4. The van der Waals surface area contributed by atoms with Crippen molar-refractivity contribution < 1.29 is 9.53 Å². The van der Waals surface area contributed by atoms with E-state index < -0.39 is 0 Å². The second-order valence-electron chi connectivity index (χ2n) is 7.03. The molecular formula is C18H24N4O2. The summed E-state index contributed by atoms with van der Waals surface area (Å²) in [5, 5.41) is 0. The Hall–Kier alpha value is -2.08. The maximum Gasteiger partial charge on any atom is 0.272 e. The molecule has 0 radical (unpaired) electrons. The van der Waals surface area contributed by atoms with Gasteiger partial charge >= 0.3 is 0 Å². The van der Waals surface area contributed by atoms with Crippen LogP contribution < -0.4 is 4.74 Å². The van der Waals surface area contributed by atoms with Crippen LogP contribution >= 0.6 is 0 Å². The van der Waals surface area contributed by atoms with E-state index in [2.05, 4.69) is 16.9 Å². The highest BCUT2D eigenvalue weighted by atomic mass is 16.5. The third-order valence-electron chi connectivity index (χ3n) is 5.88. The van der Waals surface area contributed by atoms with E-state index in [0.29, 0.717) is 23.8 Å². The fraction of sp³-hybridized carbons (Fsp3) is 0.556. The molecule has 0 aliphatic carbocycles. The molecule has 6 nitrogen and oxygen atoms in total. The molecule has 0 N–H and O–H groups in total. The first-order chi connectivity index (χ1) is 11.6. The molecule has 2 atom stereocenters. The van der Waals surface area contributed by atoms with Gasteiger partial charge in [-0.2, -0.15) is 0 Å². The molecule has 2 bridgehead atoms. The topological polar surface area (TPSA) is 50.1 Å². The number of nitrogens with zero attached hydrogens (tertiary/aromatic N) is 4. The van der Waals surface area contributed by atoms with Gasteiger partial charge in [-0.25, -0.2) is 4.98 Å². The molecule has 4 heterocycles. The zero-order chi connectivity index (χ0) is 16.8. The molecule has 2 aromatic rings. The lowest BCUT2D eigenvalue weighted by atomic mass is 9.96. The van der Waals surface area contributed by atoms with Crippen LogP contribution in [-0.2, 0) is 0 Å². The number of amides is 1. The molecular weight excluding hydrogens is 304 g/mol. The number of hydrogen-bond acceptors (Lipinski definition) is 4. The first-order valence-corrected chi connectivity index (χ1v) is 8.58. The van der Waals surface area contributed by atoms with Gasteiger partial charge < -0.3 is 14.5 Å². The molecule has 0 saturated carbocycles. The van der Waals surface area contributed by atoms with Crippen molar-refractivity contribution in [2.75, 3.05) is 21.2 Å². The molecule has 6 heteroatoms. The normalized spacial score (nSPS) is 26.7. The Morgan fingerprint density at radius 2 is 2.04 bits per heavy atom. The number of carbonyl (C=O) groups is 1. The highest BCUT2D eigenvalue weighted by Gasteiger charge is 2.40. The molecule has 2 aromatic heterocycles. The average Bonchev–Trinajstić information content (AvgIpc) is 3.08. The molecule has 2 fully saturated rings. The Kier molecular flexibility index (Phi) is 3.72. The van der Waals surface area contributed by atoms with Crippen molar-refractivity contribution in [2.24, 2.45) is 0 Å². The summed E-state index contributed by atoms with van der Waals surface area (Å²) in [5.41, 5.74) is 1.34. The minimum atomic E-state index is 0.0432. The fourth-order valence-electron chi connectivity index (χ4n) is 4.29. The minimum Gasteiger partial charge on any atom is -0.497 e. The highest BCUT2D eigenvalue weighted by molar-refractivity contribution is 5.93. The fourth-order valence-corrected chi connectivity index (χ4v) is 4.29. The number of imidazole rings is 1. The van der Waals surface area contributed by atoms with Crippen LogP contribution in [0.1, 0.15) is 36.2 Å². The quantitative estimate of drug-likeness (QED) is 0.865. The van der Waals surface area contributed by atoms with E-state index in [9.17, 15) is 4.79 Å². The van der Waals surface area contributed by atoms with Gasteiger partial charge in [-0.1, -0.05) is 0 Å². The van der Waals surface area contributed by atoms with Crippen LogP contribution in [0.2, 0.25) is 0 Å². The van der Waals surface area contributed by atoms with Crippen LogP contribution in [-0.4, -0.2) is 64.4 Å². The third-order valence-corrected chi connectivity index (χ3v) is 5.88. The van der Waals surface area contributed by atoms with Crippen molar-refractivity contribution in [1.29, 1.82) is 0 Å². The second kappa shape index (κ2) is 5.77. The number of carbonyl (C=O) groups excluding carboxylic acids is 1. The molecule has 2 unspecified atom stereocenters. The molecule has 0 spiro atoms. The number of methoxy groups -OCH3 is 1. The summed E-state index contributed by atoms with van der Waals surface area (Å²) in [6.45, 7) is 0. The molecule has 1 amide bonds. The van der Waals surface area contributed by atoms with Crippen LogP contribution in [0, 0.1) is 0 Å². The Labute approximate surface area is 142 Å². The number of piperidine rings is 1. The van der Waals surface area contributed by atoms with Gasteiger partial charge in [0.2, 0.25) is 0 Å². The van der Waals surface area contributed by atoms with Crippen molar-refractivity contribution in [3.05, 3.63) is 30.2 Å². The molecule has 2 aliphatic rings. The van der Waals surface area contributed by atoms with E-state index in [0.717, 1.165) is 24.2 Å². The second-order valence-corrected chi connectivity index (χ2v) is 7.03. The Morgan fingerprint density at radius 3 is 2.71 bits per heavy atom. The van der Waals surface area contributed by atoms with Crippen molar-refractivity contribution in [3.8, 4) is 5.75 Å². The van der Waals surface area contributed by atoms with Gasteiger partial charge in [0.1, 0.15) is 17.1 Å². The van der Waals surface area contributed by atoms with E-state index in [-0.39, 0.29) is 5.91 Å². The highest BCUT2D eigenvalue weighted by Crippen LogP contribution is 2.36. The van der Waals surface area contributed by atoms with Crippen molar-refractivity contribution in [2.45, 2.75) is 43.8 Å². The smallest absolute Gasteiger partial charge is 0.272 e. The summed E-state index contributed by atoms with van der Waals surface area (Å²) in [6.07, 6.45) is 8.17. The molecule has 0 aromatic carbocycles. The SMILES string of the molecule is COc1ccn2c(C(=O)N(C)C3CC4CCC(C3)N4C)cnc2c1. The van der Waals surface area contributed by atoms with Crippen molar-refractivity contribution >= 4 is 11.6 Å². The molecule has 2 saturated heterocycles. The number of rotatable bonds is 3. The van der Waals surface area contributed by atoms with Crippen LogP contribution in [0.4, 0.5) is 0 Å². The third kappa shape index (κ3) is 2.36. The number of aromatic nitrogens is 2. The lowest BCUT2D eigenvalue weighted by molar-refractivity contribution is 0.0557. The van der Waals surface area contributed by atoms with Crippen LogP contribution in [0.3, 0.4) is 0 Å². The Balaban J connectivity index is 1.57. The summed E-state index contributed by atoms with van der Waals surface area (Å²) >= 11 is 0. The zero-order valence-electron chi connectivity index (χ0n) is 14.5. The van der Waals surface area contributed by atoms with Gasteiger partial charge in [0.15, 0.2) is 0 Å². The maximum absolute atomic E-state index is 13.0. The minimum absolute atomic E-state index is 0.0432. The summed E-state index contributed by atoms with van der Waals surface area (Å²) in [6, 6.07) is 5.24. The van der Waals surface area contributed by atoms with E-state index in [1.807, 2.05) is 34.7 Å². The van der Waals surface area contributed by atoms with Gasteiger partial charge in [-0.3, -0.25) is 9.20 Å². The van der Waals surface area contributed by atoms with E-state index in [1.54, 1.807) is 13.3 Å². The number of pyridine rings is 1. The van der Waals surface area contributed by atoms with Gasteiger partial charge in [0.25, 0.3) is 5.91 Å². The van der Waals surface area contributed by atoms with Crippen molar-refractivity contribution in [1.82, 2.24) is 19.2 Å². The maximum atomic E-state index is 13.0. The van der Waals surface area contributed by atoms with Crippen LogP contribution in [0.5, 0.6) is 5.75 Å². The lowest BCUT2D eigenvalue weighted by Gasteiger charge is -2.40. The standard InChI is InChI=1S/C18H24N4O2/c1-20-12-4-5-13(20)9-14(8-12)21(2)18(23)16-11-19-17-10-15(24-3)6-7-22(16)17/h6-7,10-14H,4-5,8-9H2,1-3H3. The lowest BCUT2D eigenvalue weighted by Crippen LogP contribution is -2.49. The molecule has 128 valence electrons. The monoisotopic (exact) mass is 328 g/mol. The van der Waals surface area contributed by atoms with Crippen LogP contribution in [0.15, 0.2) is 24.5 Å². The predicted molar refractivity (Wildman–Crippen MR) is 91.4 cm³/mol. The van der Waals surface area contributed by atoms with Crippen molar-refractivity contribution in [3.63, 3.8) is 0 Å². The molecule has 2 aliphatic heterocycles. The molecule has 4 rings (SSSR count). The van der Waals surface area contributed by atoms with Gasteiger partial charge in [0, 0.05) is 37.4 Å². The number of hydrogen-bond donors (Lipinski definition) is 0.